The van der Waals surface area contributed by atoms with Gasteiger partial charge < -0.3 is 4.43 Å². The van der Waals surface area contributed by atoms with Gasteiger partial charge in [-0.3, -0.25) is 0 Å². The second-order valence-electron chi connectivity index (χ2n) is 3.89. The number of benzene rings is 1. The molecule has 1 nitrogen and oxygen atoms in total. The van der Waals surface area contributed by atoms with Crippen molar-refractivity contribution in [3.63, 3.8) is 0 Å². The first-order valence-electron chi connectivity index (χ1n) is 4.14. The van der Waals surface area contributed by atoms with Crippen molar-refractivity contribution in [3.8, 4) is 5.75 Å². The molecule has 0 saturated carbocycles. The third kappa shape index (κ3) is 2.78. The van der Waals surface area contributed by atoms with Crippen molar-refractivity contribution in [3.05, 3.63) is 28.2 Å². The highest BCUT2D eigenvalue weighted by atomic mass is 79.9. The molecular weight excluding hydrogens is 270 g/mol. The van der Waals surface area contributed by atoms with Gasteiger partial charge in [0, 0.05) is 0 Å². The molecule has 0 spiro atoms. The van der Waals surface area contributed by atoms with Gasteiger partial charge in [0.15, 0.2) is 11.6 Å². The summed E-state index contributed by atoms with van der Waals surface area (Å²) in [6.07, 6.45) is 0. The quantitative estimate of drug-likeness (QED) is 0.589. The Balaban J connectivity index is 3.06. The molecule has 0 aliphatic rings. The zero-order valence-electron chi connectivity index (χ0n) is 8.20. The van der Waals surface area contributed by atoms with E-state index in [0.717, 1.165) is 0 Å². The van der Waals surface area contributed by atoms with Crippen LogP contribution in [0.4, 0.5) is 8.78 Å². The summed E-state index contributed by atoms with van der Waals surface area (Å²) in [5.74, 6) is -1.84. The van der Waals surface area contributed by atoms with Crippen LogP contribution < -0.4 is 4.43 Å². The number of hydrogen-bond acceptors (Lipinski definition) is 1. The Labute approximate surface area is 91.3 Å². The lowest BCUT2D eigenvalue weighted by Gasteiger charge is -2.19. The maximum Gasteiger partial charge on any atom is 0.242 e. The zero-order chi connectivity index (χ0) is 10.9. The second-order valence-corrected chi connectivity index (χ2v) is 9.17. The smallest absolute Gasteiger partial charge is 0.242 e. The Morgan fingerprint density at radius 2 is 1.71 bits per heavy atom. The molecule has 14 heavy (non-hydrogen) atoms. The van der Waals surface area contributed by atoms with Crippen molar-refractivity contribution in [2.75, 3.05) is 0 Å². The van der Waals surface area contributed by atoms with Crippen LogP contribution in [-0.2, 0) is 0 Å². The van der Waals surface area contributed by atoms with Crippen molar-refractivity contribution in [2.24, 2.45) is 0 Å². The average Bonchev–Trinajstić information content (AvgIpc) is 2.04. The Hall–Kier alpha value is -0.423. The summed E-state index contributed by atoms with van der Waals surface area (Å²) in [5, 5.41) is 0. The molecular formula is C9H11BrF2OSi. The Kier molecular flexibility index (Phi) is 3.31. The van der Waals surface area contributed by atoms with Gasteiger partial charge in [-0.15, -0.1) is 0 Å². The number of rotatable bonds is 2. The molecule has 0 unspecified atom stereocenters. The van der Waals surface area contributed by atoms with Gasteiger partial charge in [-0.2, -0.15) is 4.39 Å². The summed E-state index contributed by atoms with van der Waals surface area (Å²) in [7, 11) is -1.89. The second kappa shape index (κ2) is 3.98. The molecule has 0 bridgehead atoms. The molecule has 0 N–H and O–H groups in total. The van der Waals surface area contributed by atoms with Gasteiger partial charge in [-0.05, 0) is 47.7 Å². The normalized spacial score (nSPS) is 11.6. The van der Waals surface area contributed by atoms with Crippen molar-refractivity contribution in [1.29, 1.82) is 0 Å². The summed E-state index contributed by atoms with van der Waals surface area (Å²) >= 11 is 2.90. The third-order valence-corrected chi connectivity index (χ3v) is 2.86. The largest absolute Gasteiger partial charge is 0.542 e. The van der Waals surface area contributed by atoms with Crippen molar-refractivity contribution < 1.29 is 13.2 Å². The topological polar surface area (TPSA) is 9.23 Å². The molecule has 1 rings (SSSR count). The summed E-state index contributed by atoms with van der Waals surface area (Å²) in [4.78, 5) is 0. The molecule has 1 aromatic rings. The molecule has 0 amide bonds. The molecule has 78 valence electrons. The van der Waals surface area contributed by atoms with Crippen molar-refractivity contribution in [2.45, 2.75) is 19.6 Å². The molecule has 0 fully saturated rings. The molecule has 5 heteroatoms. The first-order valence-corrected chi connectivity index (χ1v) is 8.34. The van der Waals surface area contributed by atoms with Crippen LogP contribution >= 0.6 is 15.9 Å². The summed E-state index contributed by atoms with van der Waals surface area (Å²) in [6.45, 7) is 5.73. The molecule has 0 aliphatic heterocycles. The van der Waals surface area contributed by atoms with Gasteiger partial charge >= 0.3 is 0 Å². The minimum Gasteiger partial charge on any atom is -0.542 e. The predicted molar refractivity (Wildman–Crippen MR) is 58.0 cm³/mol. The lowest BCUT2D eigenvalue weighted by atomic mass is 10.3. The third-order valence-electron chi connectivity index (χ3n) is 1.42. The first-order chi connectivity index (χ1) is 6.31. The highest BCUT2D eigenvalue weighted by Gasteiger charge is 2.20. The van der Waals surface area contributed by atoms with Crippen LogP contribution in [-0.4, -0.2) is 8.32 Å². The molecule has 0 saturated heterocycles. The maximum atomic E-state index is 13.3. The minimum atomic E-state index is -1.89. The monoisotopic (exact) mass is 280 g/mol. The maximum absolute atomic E-state index is 13.3. The van der Waals surface area contributed by atoms with Crippen molar-refractivity contribution >= 4 is 24.2 Å². The number of hydrogen-bond donors (Lipinski definition) is 0. The number of halogens is 3. The van der Waals surface area contributed by atoms with E-state index in [2.05, 4.69) is 15.9 Å². The highest BCUT2D eigenvalue weighted by molar-refractivity contribution is 9.10. The van der Waals surface area contributed by atoms with Crippen LogP contribution in [0.5, 0.6) is 5.75 Å². The van der Waals surface area contributed by atoms with E-state index in [9.17, 15) is 8.78 Å². The van der Waals surface area contributed by atoms with E-state index in [1.165, 1.54) is 12.1 Å². The summed E-state index contributed by atoms with van der Waals surface area (Å²) < 4.78 is 31.8. The molecule has 1 aromatic carbocycles. The average molecular weight is 281 g/mol. The predicted octanol–water partition coefficient (Wildman–Crippen LogP) is 3.94. The lowest BCUT2D eigenvalue weighted by molar-refractivity contribution is 0.447. The Morgan fingerprint density at radius 3 is 2.21 bits per heavy atom. The van der Waals surface area contributed by atoms with Crippen LogP contribution in [0.15, 0.2) is 16.6 Å². The van der Waals surface area contributed by atoms with E-state index in [1.54, 1.807) is 0 Å². The van der Waals surface area contributed by atoms with E-state index in [0.29, 0.717) is 0 Å². The van der Waals surface area contributed by atoms with Crippen LogP contribution in [0, 0.1) is 11.6 Å². The van der Waals surface area contributed by atoms with E-state index in [4.69, 9.17) is 4.43 Å². The zero-order valence-corrected chi connectivity index (χ0v) is 10.8. The van der Waals surface area contributed by atoms with Gasteiger partial charge in [-0.25, -0.2) is 4.39 Å². The van der Waals surface area contributed by atoms with Gasteiger partial charge in [0.1, 0.15) is 5.75 Å². The van der Waals surface area contributed by atoms with Crippen LogP contribution in [0.25, 0.3) is 0 Å². The van der Waals surface area contributed by atoms with Gasteiger partial charge in [0.25, 0.3) is 0 Å². The highest BCUT2D eigenvalue weighted by Crippen LogP contribution is 2.27. The molecule has 0 aliphatic carbocycles. The summed E-state index contributed by atoms with van der Waals surface area (Å²) in [5.41, 5.74) is 0. The standard InChI is InChI=1S/C9H11BrF2OSi/c1-14(2,3)13-7-5-4-6(10)8(11)9(7)12/h4-5H,1-3H3. The van der Waals surface area contributed by atoms with Crippen molar-refractivity contribution in [1.82, 2.24) is 0 Å². The molecule has 0 atom stereocenters. The van der Waals surface area contributed by atoms with E-state index >= 15 is 0 Å². The minimum absolute atomic E-state index is 0.00938. The van der Waals surface area contributed by atoms with Gasteiger partial charge in [0.2, 0.25) is 8.32 Å². The van der Waals surface area contributed by atoms with Crippen LogP contribution in [0.3, 0.4) is 0 Å². The molecule has 0 heterocycles. The fourth-order valence-corrected chi connectivity index (χ4v) is 2.04. The van der Waals surface area contributed by atoms with E-state index in [-0.39, 0.29) is 10.2 Å². The Bertz CT molecular complexity index is 349. The molecule has 0 aromatic heterocycles. The SMILES string of the molecule is C[Si](C)(C)Oc1ccc(Br)c(F)c1F. The Morgan fingerprint density at radius 1 is 1.14 bits per heavy atom. The lowest BCUT2D eigenvalue weighted by Crippen LogP contribution is -2.29. The van der Waals surface area contributed by atoms with Gasteiger partial charge in [-0.1, -0.05) is 0 Å². The van der Waals surface area contributed by atoms with Crippen LogP contribution in [0.2, 0.25) is 19.6 Å². The molecule has 0 radical (unpaired) electrons. The van der Waals surface area contributed by atoms with E-state index < -0.39 is 20.0 Å². The summed E-state index contributed by atoms with van der Waals surface area (Å²) in [6, 6.07) is 2.87. The fourth-order valence-electron chi connectivity index (χ4n) is 0.917. The van der Waals surface area contributed by atoms with Gasteiger partial charge in [0.05, 0.1) is 4.47 Å². The van der Waals surface area contributed by atoms with Crippen LogP contribution in [0.1, 0.15) is 0 Å². The first kappa shape index (κ1) is 11.7. The fraction of sp³-hybridized carbons (Fsp3) is 0.333. The van der Waals surface area contributed by atoms with E-state index in [1.807, 2.05) is 19.6 Å².